The summed E-state index contributed by atoms with van der Waals surface area (Å²) in [6.45, 7) is 4.56. The number of aliphatic hydroxyl groups excluding tert-OH is 1. The Bertz CT molecular complexity index is 1620. The van der Waals surface area contributed by atoms with Crippen LogP contribution in [-0.4, -0.2) is 68.5 Å². The van der Waals surface area contributed by atoms with Crippen LogP contribution in [0.1, 0.15) is 296 Å². The van der Waals surface area contributed by atoms with E-state index < -0.39 is 20.0 Å². The quantitative estimate of drug-likeness (QED) is 0.0272. The van der Waals surface area contributed by atoms with Gasteiger partial charge in [-0.05, 0) is 77.0 Å². The fourth-order valence-corrected chi connectivity index (χ4v) is 10.3. The molecule has 464 valence electrons. The summed E-state index contributed by atoms with van der Waals surface area (Å²) in [5.74, 6) is -0.196. The molecule has 0 aliphatic carbocycles. The zero-order valence-corrected chi connectivity index (χ0v) is 53.9. The van der Waals surface area contributed by atoms with E-state index in [1.165, 1.54) is 193 Å². The Morgan fingerprint density at radius 2 is 0.762 bits per heavy atom. The topological polar surface area (TPSA) is 108 Å². The van der Waals surface area contributed by atoms with Gasteiger partial charge in [-0.25, -0.2) is 0 Å². The SMILES string of the molecule is CC/C=C\C/C=C\C/C=C\C/C=C\C/C=C\C/C=C\C/C=C\CCCCCCCCCCCCCCCCCCCC(=O)NC(COP(=O)([O-])OCC[N+](C)(C)C)C(O)/C=C/CCCCCCCCCCCCCCCCCCC. The number of carbonyl (C=O) groups excluding carboxylic acids is 1. The number of nitrogens with zero attached hydrogens (tertiary/aromatic N) is 1. The third-order valence-electron chi connectivity index (χ3n) is 14.8. The van der Waals surface area contributed by atoms with Crippen LogP contribution in [0.2, 0.25) is 0 Å². The molecule has 0 aliphatic heterocycles. The second kappa shape index (κ2) is 61.0. The number of phosphoric ester groups is 1. The van der Waals surface area contributed by atoms with E-state index in [1.54, 1.807) is 6.08 Å². The Morgan fingerprint density at radius 1 is 0.450 bits per heavy atom. The van der Waals surface area contributed by atoms with Gasteiger partial charge in [0.15, 0.2) is 0 Å². The molecule has 8 nitrogen and oxygen atoms in total. The van der Waals surface area contributed by atoms with Crippen LogP contribution in [0.4, 0.5) is 0 Å². The molecule has 80 heavy (non-hydrogen) atoms. The summed E-state index contributed by atoms with van der Waals surface area (Å²) >= 11 is 0. The first kappa shape index (κ1) is 77.4. The summed E-state index contributed by atoms with van der Waals surface area (Å²) in [5, 5.41) is 13.9. The van der Waals surface area contributed by atoms with Crippen molar-refractivity contribution in [1.29, 1.82) is 0 Å². The fourth-order valence-electron chi connectivity index (χ4n) is 9.61. The van der Waals surface area contributed by atoms with E-state index in [1.807, 2.05) is 27.2 Å². The minimum absolute atomic E-state index is 0.00251. The molecule has 0 saturated carbocycles. The van der Waals surface area contributed by atoms with Gasteiger partial charge in [0.1, 0.15) is 13.2 Å². The Kier molecular flexibility index (Phi) is 59.0. The van der Waals surface area contributed by atoms with Crippen molar-refractivity contribution in [3.05, 3.63) is 97.2 Å². The minimum Gasteiger partial charge on any atom is -0.756 e. The Labute approximate surface area is 496 Å². The molecule has 1 amide bonds. The zero-order chi connectivity index (χ0) is 58.4. The first-order valence-corrected chi connectivity index (χ1v) is 35.1. The highest BCUT2D eigenvalue weighted by atomic mass is 31.2. The van der Waals surface area contributed by atoms with E-state index in [9.17, 15) is 19.4 Å². The molecule has 2 N–H and O–H groups in total. The van der Waals surface area contributed by atoms with Gasteiger partial charge >= 0.3 is 0 Å². The van der Waals surface area contributed by atoms with Crippen LogP contribution in [0.25, 0.3) is 0 Å². The number of rotatable bonds is 61. The largest absolute Gasteiger partial charge is 0.756 e. The van der Waals surface area contributed by atoms with Gasteiger partial charge in [-0.15, -0.1) is 0 Å². The Hall–Kier alpha value is -2.58. The van der Waals surface area contributed by atoms with Crippen LogP contribution in [0, 0.1) is 0 Å². The lowest BCUT2D eigenvalue weighted by Crippen LogP contribution is -2.45. The van der Waals surface area contributed by atoms with E-state index in [2.05, 4.69) is 104 Å². The van der Waals surface area contributed by atoms with Crippen LogP contribution < -0.4 is 10.2 Å². The van der Waals surface area contributed by atoms with Crippen LogP contribution in [-0.2, 0) is 18.4 Å². The molecule has 0 radical (unpaired) electrons. The smallest absolute Gasteiger partial charge is 0.268 e. The van der Waals surface area contributed by atoms with E-state index >= 15 is 0 Å². The summed E-state index contributed by atoms with van der Waals surface area (Å²) in [6, 6.07) is -0.890. The van der Waals surface area contributed by atoms with Crippen LogP contribution in [0.15, 0.2) is 97.2 Å². The number of allylic oxidation sites excluding steroid dienone is 15. The van der Waals surface area contributed by atoms with Gasteiger partial charge in [-0.1, -0.05) is 310 Å². The molecule has 0 fully saturated rings. The van der Waals surface area contributed by atoms with Crippen molar-refractivity contribution >= 4 is 13.7 Å². The predicted octanol–water partition coefficient (Wildman–Crippen LogP) is 20.7. The van der Waals surface area contributed by atoms with Crippen molar-refractivity contribution < 1.29 is 32.9 Å². The first-order chi connectivity index (χ1) is 39.0. The van der Waals surface area contributed by atoms with Crippen molar-refractivity contribution in [3.63, 3.8) is 0 Å². The second-order valence-corrected chi connectivity index (χ2v) is 25.2. The number of amides is 1. The van der Waals surface area contributed by atoms with Crippen molar-refractivity contribution in [3.8, 4) is 0 Å². The third kappa shape index (κ3) is 63.0. The Morgan fingerprint density at radius 3 is 1.11 bits per heavy atom. The molecule has 0 rings (SSSR count). The summed E-state index contributed by atoms with van der Waals surface area (Å²) in [4.78, 5) is 25.6. The molecule has 0 saturated heterocycles. The highest BCUT2D eigenvalue weighted by Gasteiger charge is 2.23. The highest BCUT2D eigenvalue weighted by molar-refractivity contribution is 7.45. The van der Waals surface area contributed by atoms with E-state index in [-0.39, 0.29) is 19.1 Å². The van der Waals surface area contributed by atoms with E-state index in [0.717, 1.165) is 83.5 Å². The molecule has 0 heterocycles. The summed E-state index contributed by atoms with van der Waals surface area (Å²) in [7, 11) is 1.26. The van der Waals surface area contributed by atoms with E-state index in [4.69, 9.17) is 9.05 Å². The molecule has 0 aliphatic rings. The van der Waals surface area contributed by atoms with Crippen LogP contribution in [0.3, 0.4) is 0 Å². The lowest BCUT2D eigenvalue weighted by Gasteiger charge is -2.29. The van der Waals surface area contributed by atoms with Gasteiger partial charge in [-0.3, -0.25) is 9.36 Å². The normalized spacial score (nSPS) is 14.3. The number of nitrogens with one attached hydrogen (secondary N) is 1. The number of hydrogen-bond donors (Lipinski definition) is 2. The monoisotopic (exact) mass is 1140 g/mol. The standard InChI is InChI=1S/C71H129N2O6P/c1-6-8-10-12-14-16-18-20-22-24-26-27-28-29-30-31-32-33-34-35-36-37-38-39-40-41-42-43-44-45-47-49-51-53-55-57-59-61-63-65-71(75)72-69(68-79-80(76,77)78-67-66-73(3,4)5)70(74)64-62-60-58-56-54-52-50-48-46-25-23-21-19-17-15-13-11-9-7-2/h8,10,14,16,20,22,26-27,29-30,32-33,35-36,62,64,69-70,74H,6-7,9,11-13,15,17-19,21,23-25,28,31,34,37-61,63,65-68H2,1-5H3,(H-,72,75,76,77)/b10-8-,16-14-,22-20-,27-26-,30-29-,33-32-,36-35-,64-62+. The van der Waals surface area contributed by atoms with Crippen molar-refractivity contribution in [2.24, 2.45) is 0 Å². The Balaban J connectivity index is 4.02. The number of hydrogen-bond acceptors (Lipinski definition) is 6. The maximum absolute atomic E-state index is 13.0. The van der Waals surface area contributed by atoms with Gasteiger partial charge in [0.05, 0.1) is 39.9 Å². The predicted molar refractivity (Wildman–Crippen MR) is 348 cm³/mol. The molecule has 3 unspecified atom stereocenters. The van der Waals surface area contributed by atoms with Crippen molar-refractivity contribution in [2.45, 2.75) is 309 Å². The van der Waals surface area contributed by atoms with Gasteiger partial charge in [-0.2, -0.15) is 0 Å². The van der Waals surface area contributed by atoms with Gasteiger partial charge < -0.3 is 28.8 Å². The lowest BCUT2D eigenvalue weighted by atomic mass is 10.0. The van der Waals surface area contributed by atoms with Gasteiger partial charge in [0, 0.05) is 6.42 Å². The molecule has 0 aromatic rings. The molecule has 3 atom stereocenters. The number of phosphoric acid groups is 1. The first-order valence-electron chi connectivity index (χ1n) is 33.6. The number of likely N-dealkylation sites (N-methyl/N-ethyl adjacent to an activating group) is 1. The molecular formula is C71H129N2O6P. The summed E-state index contributed by atoms with van der Waals surface area (Å²) in [6.07, 6.45) is 88.0. The average Bonchev–Trinajstić information content (AvgIpc) is 3.42. The van der Waals surface area contributed by atoms with Crippen LogP contribution >= 0.6 is 7.82 Å². The number of quaternary nitrogens is 1. The van der Waals surface area contributed by atoms with Crippen molar-refractivity contribution in [1.82, 2.24) is 5.32 Å². The molecule has 0 bridgehead atoms. The minimum atomic E-state index is -4.60. The summed E-state index contributed by atoms with van der Waals surface area (Å²) < 4.78 is 23.4. The average molecular weight is 1140 g/mol. The number of aliphatic hydroxyl groups is 1. The fraction of sp³-hybridized carbons (Fsp3) is 0.761. The third-order valence-corrected chi connectivity index (χ3v) is 15.8. The van der Waals surface area contributed by atoms with E-state index in [0.29, 0.717) is 17.4 Å². The highest BCUT2D eigenvalue weighted by Crippen LogP contribution is 2.38. The maximum atomic E-state index is 13.0. The summed E-state index contributed by atoms with van der Waals surface area (Å²) in [5.41, 5.74) is 0. The molecular weight excluding hydrogens is 1010 g/mol. The molecule has 9 heteroatoms. The zero-order valence-electron chi connectivity index (χ0n) is 53.0. The number of unbranched alkanes of at least 4 members (excludes halogenated alkanes) is 34. The van der Waals surface area contributed by atoms with Gasteiger partial charge in [0.2, 0.25) is 5.91 Å². The molecule has 0 aromatic heterocycles. The van der Waals surface area contributed by atoms with Gasteiger partial charge in [0.25, 0.3) is 7.82 Å². The van der Waals surface area contributed by atoms with Crippen LogP contribution in [0.5, 0.6) is 0 Å². The number of carbonyl (C=O) groups is 1. The lowest BCUT2D eigenvalue weighted by molar-refractivity contribution is -0.870. The second-order valence-electron chi connectivity index (χ2n) is 23.8. The molecule has 0 spiro atoms. The van der Waals surface area contributed by atoms with Crippen molar-refractivity contribution in [2.75, 3.05) is 40.9 Å². The maximum Gasteiger partial charge on any atom is 0.268 e. The molecule has 0 aromatic carbocycles.